The van der Waals surface area contributed by atoms with Gasteiger partial charge in [0.15, 0.2) is 0 Å². The van der Waals surface area contributed by atoms with Crippen LogP contribution in [0.2, 0.25) is 0 Å². The van der Waals surface area contributed by atoms with Crippen molar-refractivity contribution >= 4 is 11.9 Å². The second-order valence-corrected chi connectivity index (χ2v) is 6.08. The summed E-state index contributed by atoms with van der Waals surface area (Å²) in [5.41, 5.74) is -0.435. The molecular weight excluding hydrogens is 192 g/mol. The Kier molecular flexibility index (Phi) is 4.08. The molecule has 0 unspecified atom stereocenters. The van der Waals surface area contributed by atoms with E-state index in [1.807, 2.05) is 41.5 Å². The first-order chi connectivity index (χ1) is 6.46. The van der Waals surface area contributed by atoms with Crippen LogP contribution in [-0.4, -0.2) is 11.9 Å². The highest BCUT2D eigenvalue weighted by Crippen LogP contribution is 2.40. The van der Waals surface area contributed by atoms with E-state index in [4.69, 9.17) is 0 Å². The van der Waals surface area contributed by atoms with Crippen LogP contribution in [0.3, 0.4) is 0 Å². The Morgan fingerprint density at radius 1 is 0.933 bits per heavy atom. The Hall–Kier alpha value is -0.860. The maximum Gasteiger partial charge on any atom is 0.317 e. The number of carbonyl (C=O) groups excluding carboxylic acids is 2. The number of rotatable bonds is 1. The summed E-state index contributed by atoms with van der Waals surface area (Å²) >= 11 is 0. The van der Waals surface area contributed by atoms with E-state index >= 15 is 0 Å². The third kappa shape index (κ3) is 4.45. The lowest BCUT2D eigenvalue weighted by Gasteiger charge is -2.38. The molecular formula is C12H22O3. The minimum Gasteiger partial charge on any atom is -0.393 e. The van der Waals surface area contributed by atoms with Crippen LogP contribution < -0.4 is 0 Å². The average Bonchev–Trinajstić information content (AvgIpc) is 1.74. The minimum atomic E-state index is -0.543. The van der Waals surface area contributed by atoms with Crippen molar-refractivity contribution in [3.63, 3.8) is 0 Å². The molecule has 0 aromatic carbocycles. The Morgan fingerprint density at radius 3 is 1.47 bits per heavy atom. The third-order valence-corrected chi connectivity index (χ3v) is 2.21. The van der Waals surface area contributed by atoms with Gasteiger partial charge in [0, 0.05) is 6.92 Å². The summed E-state index contributed by atoms with van der Waals surface area (Å²) in [5.74, 6) is -1.27. The normalized spacial score (nSPS) is 12.8. The highest BCUT2D eigenvalue weighted by molar-refractivity contribution is 5.86. The zero-order valence-electron chi connectivity index (χ0n) is 10.8. The first-order valence-electron chi connectivity index (χ1n) is 5.18. The van der Waals surface area contributed by atoms with E-state index in [2.05, 4.69) is 4.74 Å². The number of ether oxygens (including phenoxy) is 1. The lowest BCUT2D eigenvalue weighted by molar-refractivity contribution is -0.167. The molecule has 0 aliphatic rings. The van der Waals surface area contributed by atoms with E-state index in [1.165, 1.54) is 6.92 Å². The molecule has 0 aliphatic carbocycles. The summed E-state index contributed by atoms with van der Waals surface area (Å²) < 4.78 is 4.69. The van der Waals surface area contributed by atoms with Gasteiger partial charge in [-0.25, -0.2) is 0 Å². The molecule has 0 saturated heterocycles. The molecule has 0 aromatic rings. The summed E-state index contributed by atoms with van der Waals surface area (Å²) in [6, 6.07) is 0. The fraction of sp³-hybridized carbons (Fsp3) is 0.833. The molecule has 0 N–H and O–H groups in total. The Bertz CT molecular complexity index is 239. The van der Waals surface area contributed by atoms with Gasteiger partial charge >= 0.3 is 11.9 Å². The van der Waals surface area contributed by atoms with Crippen LogP contribution in [-0.2, 0) is 14.3 Å². The van der Waals surface area contributed by atoms with Crippen LogP contribution in [0.5, 0.6) is 0 Å². The average molecular weight is 214 g/mol. The van der Waals surface area contributed by atoms with E-state index < -0.39 is 11.9 Å². The SMILES string of the molecule is CC(=O)OC(=O)C(C(C)(C)C)C(C)(C)C. The van der Waals surface area contributed by atoms with Crippen LogP contribution in [0, 0.1) is 16.7 Å². The molecule has 0 aliphatic heterocycles. The Labute approximate surface area is 92.2 Å². The highest BCUT2D eigenvalue weighted by atomic mass is 16.6. The third-order valence-electron chi connectivity index (χ3n) is 2.21. The van der Waals surface area contributed by atoms with Crippen molar-refractivity contribution in [3.05, 3.63) is 0 Å². The van der Waals surface area contributed by atoms with Crippen molar-refractivity contribution in [2.75, 3.05) is 0 Å². The predicted molar refractivity (Wildman–Crippen MR) is 59.2 cm³/mol. The Morgan fingerprint density at radius 2 is 1.27 bits per heavy atom. The lowest BCUT2D eigenvalue weighted by Crippen LogP contribution is -2.40. The number of hydrogen-bond donors (Lipinski definition) is 0. The van der Waals surface area contributed by atoms with Crippen molar-refractivity contribution in [1.29, 1.82) is 0 Å². The van der Waals surface area contributed by atoms with Crippen molar-refractivity contribution < 1.29 is 14.3 Å². The molecule has 0 saturated carbocycles. The van der Waals surface area contributed by atoms with Gasteiger partial charge in [0.2, 0.25) is 0 Å². The van der Waals surface area contributed by atoms with Crippen molar-refractivity contribution in [1.82, 2.24) is 0 Å². The molecule has 0 rings (SSSR count). The molecule has 0 bridgehead atoms. The molecule has 88 valence electrons. The van der Waals surface area contributed by atoms with Gasteiger partial charge in [-0.15, -0.1) is 0 Å². The van der Waals surface area contributed by atoms with Gasteiger partial charge in [0.25, 0.3) is 0 Å². The molecule has 0 fully saturated rings. The van der Waals surface area contributed by atoms with E-state index in [-0.39, 0.29) is 16.7 Å². The summed E-state index contributed by atoms with van der Waals surface area (Å²) in [6.07, 6.45) is 0. The molecule has 15 heavy (non-hydrogen) atoms. The quantitative estimate of drug-likeness (QED) is 0.498. The van der Waals surface area contributed by atoms with Crippen LogP contribution in [0.25, 0.3) is 0 Å². The maximum absolute atomic E-state index is 11.8. The smallest absolute Gasteiger partial charge is 0.317 e. The highest BCUT2D eigenvalue weighted by Gasteiger charge is 2.42. The zero-order chi connectivity index (χ0) is 12.4. The first kappa shape index (κ1) is 14.1. The Balaban J connectivity index is 4.98. The van der Waals surface area contributed by atoms with Gasteiger partial charge in [0.1, 0.15) is 0 Å². The molecule has 0 aromatic heterocycles. The van der Waals surface area contributed by atoms with E-state index in [0.717, 1.165) is 0 Å². The topological polar surface area (TPSA) is 43.4 Å². The van der Waals surface area contributed by atoms with Crippen LogP contribution in [0.1, 0.15) is 48.5 Å². The molecule has 0 radical (unpaired) electrons. The van der Waals surface area contributed by atoms with Gasteiger partial charge in [-0.2, -0.15) is 0 Å². The number of esters is 2. The first-order valence-corrected chi connectivity index (χ1v) is 5.18. The number of hydrogen-bond acceptors (Lipinski definition) is 3. The lowest BCUT2D eigenvalue weighted by atomic mass is 9.67. The molecule has 3 heteroatoms. The second kappa shape index (κ2) is 4.33. The summed E-state index contributed by atoms with van der Waals surface area (Å²) in [6.45, 7) is 13.1. The van der Waals surface area contributed by atoms with Gasteiger partial charge in [0.05, 0.1) is 5.92 Å². The predicted octanol–water partition coefficient (Wildman–Crippen LogP) is 2.78. The van der Waals surface area contributed by atoms with Crippen molar-refractivity contribution in [2.24, 2.45) is 16.7 Å². The largest absolute Gasteiger partial charge is 0.393 e. The summed E-state index contributed by atoms with van der Waals surface area (Å²) in [5, 5.41) is 0. The number of carbonyl (C=O) groups is 2. The molecule has 0 atom stereocenters. The van der Waals surface area contributed by atoms with Crippen LogP contribution in [0.15, 0.2) is 0 Å². The molecule has 3 nitrogen and oxygen atoms in total. The van der Waals surface area contributed by atoms with Gasteiger partial charge < -0.3 is 4.74 Å². The van der Waals surface area contributed by atoms with E-state index in [1.54, 1.807) is 0 Å². The second-order valence-electron chi connectivity index (χ2n) is 6.08. The summed E-state index contributed by atoms with van der Waals surface area (Å²) in [4.78, 5) is 22.6. The molecule has 0 amide bonds. The van der Waals surface area contributed by atoms with Crippen molar-refractivity contribution in [2.45, 2.75) is 48.5 Å². The molecule has 0 spiro atoms. The zero-order valence-corrected chi connectivity index (χ0v) is 10.8. The molecule has 0 heterocycles. The van der Waals surface area contributed by atoms with E-state index in [0.29, 0.717) is 0 Å². The fourth-order valence-corrected chi connectivity index (χ4v) is 2.21. The maximum atomic E-state index is 11.8. The minimum absolute atomic E-state index is 0.217. The standard InChI is InChI=1S/C12H22O3/c1-8(13)15-10(14)9(11(2,3)4)12(5,6)7/h9H,1-7H3. The van der Waals surface area contributed by atoms with Gasteiger partial charge in [-0.05, 0) is 10.8 Å². The fourth-order valence-electron chi connectivity index (χ4n) is 2.21. The van der Waals surface area contributed by atoms with Gasteiger partial charge in [-0.1, -0.05) is 41.5 Å². The summed E-state index contributed by atoms with van der Waals surface area (Å²) in [7, 11) is 0. The monoisotopic (exact) mass is 214 g/mol. The van der Waals surface area contributed by atoms with Crippen LogP contribution >= 0.6 is 0 Å². The van der Waals surface area contributed by atoms with Gasteiger partial charge in [-0.3, -0.25) is 9.59 Å². The van der Waals surface area contributed by atoms with Crippen molar-refractivity contribution in [3.8, 4) is 0 Å². The van der Waals surface area contributed by atoms with E-state index in [9.17, 15) is 9.59 Å². The van der Waals surface area contributed by atoms with Crippen LogP contribution in [0.4, 0.5) is 0 Å².